The van der Waals surface area contributed by atoms with Gasteiger partial charge in [0.25, 0.3) is 10.6 Å². The summed E-state index contributed by atoms with van der Waals surface area (Å²) in [5.74, 6) is -0.505. The van der Waals surface area contributed by atoms with Crippen molar-refractivity contribution in [2.45, 2.75) is 6.92 Å². The number of nitrogens with zero attached hydrogens (tertiary/aromatic N) is 4. The lowest BCUT2D eigenvalue weighted by atomic mass is 10.2. The summed E-state index contributed by atoms with van der Waals surface area (Å²) in [5, 5.41) is 23.8. The smallest absolute Gasteiger partial charge is 0.393 e. The molecule has 0 aliphatic rings. The number of benzene rings is 1. The van der Waals surface area contributed by atoms with Crippen molar-refractivity contribution in [1.82, 2.24) is 9.38 Å². The lowest BCUT2D eigenvalue weighted by molar-refractivity contribution is -0.391. The highest BCUT2D eigenvalue weighted by molar-refractivity contribution is 7.15. The van der Waals surface area contributed by atoms with Gasteiger partial charge >= 0.3 is 11.7 Å². The quantitative estimate of drug-likeness (QED) is 0.517. The summed E-state index contributed by atoms with van der Waals surface area (Å²) in [7, 11) is 0. The zero-order valence-corrected chi connectivity index (χ0v) is 13.0. The number of nitro groups is 2. The third kappa shape index (κ3) is 2.58. The number of nitro benzene ring substituents is 1. The van der Waals surface area contributed by atoms with E-state index >= 15 is 0 Å². The number of aromatic nitrogens is 2. The molecule has 2 heterocycles. The molecular formula is C12H7ClN4O5S. The van der Waals surface area contributed by atoms with Gasteiger partial charge in [0.15, 0.2) is 0 Å². The van der Waals surface area contributed by atoms with E-state index in [1.54, 1.807) is 12.3 Å². The summed E-state index contributed by atoms with van der Waals surface area (Å²) in [5.41, 5.74) is 0.141. The molecule has 0 N–H and O–H groups in total. The molecule has 9 nitrogen and oxygen atoms in total. The molecule has 0 amide bonds. The molecule has 0 aliphatic carbocycles. The second-order valence-electron chi connectivity index (χ2n) is 4.48. The fourth-order valence-electron chi connectivity index (χ4n) is 1.98. The zero-order chi connectivity index (χ0) is 16.7. The predicted molar refractivity (Wildman–Crippen MR) is 82.6 cm³/mol. The molecule has 118 valence electrons. The van der Waals surface area contributed by atoms with Crippen molar-refractivity contribution in [2.24, 2.45) is 0 Å². The number of hydrogen-bond donors (Lipinski definition) is 0. The van der Waals surface area contributed by atoms with Crippen LogP contribution in [0.15, 0.2) is 23.7 Å². The van der Waals surface area contributed by atoms with Crippen LogP contribution in [0.3, 0.4) is 0 Å². The van der Waals surface area contributed by atoms with E-state index in [2.05, 4.69) is 4.98 Å². The maximum Gasteiger partial charge on any atom is 0.393 e. The van der Waals surface area contributed by atoms with Gasteiger partial charge in [-0.25, -0.2) is 0 Å². The number of fused-ring (bicyclic) bond motifs is 1. The minimum atomic E-state index is -0.658. The Morgan fingerprint density at radius 3 is 2.70 bits per heavy atom. The molecule has 0 atom stereocenters. The van der Waals surface area contributed by atoms with E-state index in [0.717, 1.165) is 6.07 Å². The molecule has 23 heavy (non-hydrogen) atoms. The van der Waals surface area contributed by atoms with Crippen molar-refractivity contribution in [1.29, 1.82) is 0 Å². The molecule has 0 unspecified atom stereocenters. The van der Waals surface area contributed by atoms with Gasteiger partial charge < -0.3 is 14.9 Å². The van der Waals surface area contributed by atoms with Crippen LogP contribution in [0.1, 0.15) is 5.56 Å². The summed E-state index contributed by atoms with van der Waals surface area (Å²) in [6.07, 6.45) is 1.50. The molecule has 0 saturated heterocycles. The van der Waals surface area contributed by atoms with Crippen molar-refractivity contribution in [2.75, 3.05) is 0 Å². The molecule has 0 bridgehead atoms. The zero-order valence-electron chi connectivity index (χ0n) is 11.4. The Hall–Kier alpha value is -2.72. The van der Waals surface area contributed by atoms with E-state index in [-0.39, 0.29) is 28.2 Å². The molecule has 0 aliphatic heterocycles. The van der Waals surface area contributed by atoms with Crippen molar-refractivity contribution in [3.05, 3.63) is 54.5 Å². The average molecular weight is 355 g/mol. The van der Waals surface area contributed by atoms with E-state index in [0.29, 0.717) is 10.5 Å². The predicted octanol–water partition coefficient (Wildman–Crippen LogP) is 3.97. The number of hydrogen-bond acceptors (Lipinski definition) is 7. The third-order valence-electron chi connectivity index (χ3n) is 3.03. The van der Waals surface area contributed by atoms with Gasteiger partial charge in [0, 0.05) is 5.38 Å². The molecular weight excluding hydrogens is 348 g/mol. The summed E-state index contributed by atoms with van der Waals surface area (Å²) in [4.78, 5) is 25.3. The Balaban J connectivity index is 2.11. The maximum absolute atomic E-state index is 11.2. The second-order valence-corrected chi connectivity index (χ2v) is 5.76. The highest BCUT2D eigenvalue weighted by Crippen LogP contribution is 2.38. The molecule has 3 rings (SSSR count). The molecule has 1 aromatic carbocycles. The summed E-state index contributed by atoms with van der Waals surface area (Å²) in [6.45, 7) is 1.62. The Kier molecular flexibility index (Phi) is 3.62. The number of imidazole rings is 1. The second kappa shape index (κ2) is 5.48. The van der Waals surface area contributed by atoms with Gasteiger partial charge in [0.2, 0.25) is 0 Å². The lowest BCUT2D eigenvalue weighted by Crippen LogP contribution is -1.97. The van der Waals surface area contributed by atoms with Gasteiger partial charge in [0.1, 0.15) is 17.0 Å². The van der Waals surface area contributed by atoms with Crippen LogP contribution in [0.2, 0.25) is 5.02 Å². The monoisotopic (exact) mass is 354 g/mol. The van der Waals surface area contributed by atoms with Crippen LogP contribution in [0.25, 0.3) is 4.96 Å². The number of ether oxygens (including phenoxy) is 1. The number of thiazole rings is 1. The van der Waals surface area contributed by atoms with Gasteiger partial charge in [-0.05, 0) is 23.5 Å². The molecule has 0 saturated carbocycles. The van der Waals surface area contributed by atoms with E-state index < -0.39 is 9.85 Å². The van der Waals surface area contributed by atoms with Crippen LogP contribution >= 0.6 is 22.9 Å². The standard InChI is InChI=1S/C12H7ClN4O5S/c1-6-4-7(13)8(16(18)19)5-9(6)22-10-11(17(20)21)15-2-3-23-12(15)14-10/h2-5H,1H3. The number of aryl methyl sites for hydroxylation is 1. The largest absolute Gasteiger partial charge is 0.432 e. The van der Waals surface area contributed by atoms with E-state index in [1.807, 2.05) is 0 Å². The highest BCUT2D eigenvalue weighted by atomic mass is 35.5. The van der Waals surface area contributed by atoms with Gasteiger partial charge in [-0.2, -0.15) is 9.38 Å². The summed E-state index contributed by atoms with van der Waals surface area (Å²) in [6, 6.07) is 2.48. The number of rotatable bonds is 4. The highest BCUT2D eigenvalue weighted by Gasteiger charge is 2.27. The SMILES string of the molecule is Cc1cc(Cl)c([N+](=O)[O-])cc1Oc1nc2sccn2c1[N+](=O)[O-]. The van der Waals surface area contributed by atoms with Crippen molar-refractivity contribution >= 4 is 39.4 Å². The molecule has 11 heteroatoms. The first-order chi connectivity index (χ1) is 10.9. The van der Waals surface area contributed by atoms with Gasteiger partial charge in [-0.1, -0.05) is 22.9 Å². The van der Waals surface area contributed by atoms with Crippen LogP contribution in [0.4, 0.5) is 11.5 Å². The fourth-order valence-corrected chi connectivity index (χ4v) is 2.97. The first kappa shape index (κ1) is 15.2. The van der Waals surface area contributed by atoms with Crippen LogP contribution in [0, 0.1) is 27.2 Å². The number of halogens is 1. The van der Waals surface area contributed by atoms with Gasteiger partial charge in [-0.15, -0.1) is 0 Å². The molecule has 2 aromatic heterocycles. The Bertz CT molecular complexity index is 950. The van der Waals surface area contributed by atoms with Crippen molar-refractivity contribution < 1.29 is 14.6 Å². The molecule has 0 radical (unpaired) electrons. The minimum Gasteiger partial charge on any atom is -0.432 e. The van der Waals surface area contributed by atoms with Crippen LogP contribution in [-0.2, 0) is 0 Å². The first-order valence-corrected chi connectivity index (χ1v) is 7.36. The van der Waals surface area contributed by atoms with E-state index in [1.165, 1.54) is 28.0 Å². The van der Waals surface area contributed by atoms with Crippen LogP contribution < -0.4 is 4.74 Å². The average Bonchev–Trinajstić information content (AvgIpc) is 3.00. The Morgan fingerprint density at radius 2 is 2.04 bits per heavy atom. The van der Waals surface area contributed by atoms with E-state index in [9.17, 15) is 20.2 Å². The fraction of sp³-hybridized carbons (Fsp3) is 0.0833. The summed E-state index contributed by atoms with van der Waals surface area (Å²) >= 11 is 7.01. The molecule has 0 spiro atoms. The lowest BCUT2D eigenvalue weighted by Gasteiger charge is -2.07. The normalized spacial score (nSPS) is 10.9. The van der Waals surface area contributed by atoms with Crippen LogP contribution in [-0.4, -0.2) is 19.2 Å². The third-order valence-corrected chi connectivity index (χ3v) is 4.09. The Labute approximate surface area is 137 Å². The minimum absolute atomic E-state index is 0.0415. The molecule has 0 fully saturated rings. The maximum atomic E-state index is 11.2. The Morgan fingerprint density at radius 1 is 1.30 bits per heavy atom. The van der Waals surface area contributed by atoms with Crippen molar-refractivity contribution in [3.8, 4) is 11.6 Å². The van der Waals surface area contributed by atoms with Gasteiger partial charge in [0.05, 0.1) is 11.0 Å². The topological polar surface area (TPSA) is 113 Å². The van der Waals surface area contributed by atoms with Gasteiger partial charge in [-0.3, -0.25) is 10.1 Å². The first-order valence-electron chi connectivity index (χ1n) is 6.11. The van der Waals surface area contributed by atoms with Crippen LogP contribution in [0.5, 0.6) is 11.6 Å². The van der Waals surface area contributed by atoms with Crippen molar-refractivity contribution in [3.63, 3.8) is 0 Å². The molecule has 3 aromatic rings. The summed E-state index contributed by atoms with van der Waals surface area (Å²) < 4.78 is 6.74. The van der Waals surface area contributed by atoms with E-state index in [4.69, 9.17) is 16.3 Å².